The fourth-order valence-electron chi connectivity index (χ4n) is 3.37. The Bertz CT molecular complexity index is 289. The van der Waals surface area contributed by atoms with E-state index in [2.05, 4.69) is 10.2 Å². The molecule has 0 aliphatic carbocycles. The molecule has 0 saturated carbocycles. The van der Waals surface area contributed by atoms with E-state index in [-0.39, 0.29) is 11.5 Å². The summed E-state index contributed by atoms with van der Waals surface area (Å²) in [7, 11) is 0. The molecule has 3 rings (SSSR count). The van der Waals surface area contributed by atoms with Crippen molar-refractivity contribution < 1.29 is 9.53 Å². The summed E-state index contributed by atoms with van der Waals surface area (Å²) in [6.45, 7) is 4.46. The second-order valence-electron chi connectivity index (χ2n) is 5.23. The molecule has 0 aromatic carbocycles. The van der Waals surface area contributed by atoms with Crippen LogP contribution >= 0.6 is 0 Å². The summed E-state index contributed by atoms with van der Waals surface area (Å²) in [5.41, 5.74) is -0.234. The maximum atomic E-state index is 12.6. The quantitative estimate of drug-likeness (QED) is 0.700. The van der Waals surface area contributed by atoms with Gasteiger partial charge in [-0.3, -0.25) is 4.79 Å². The topological polar surface area (TPSA) is 41.6 Å². The van der Waals surface area contributed by atoms with Crippen molar-refractivity contribution in [3.05, 3.63) is 0 Å². The highest BCUT2D eigenvalue weighted by Gasteiger charge is 2.52. The van der Waals surface area contributed by atoms with E-state index >= 15 is 0 Å². The van der Waals surface area contributed by atoms with E-state index in [4.69, 9.17) is 4.74 Å². The SMILES string of the molecule is O=C(N1CCCC1)[C@]12CCO[C@H]1CCNC2. The van der Waals surface area contributed by atoms with Gasteiger partial charge in [-0.25, -0.2) is 0 Å². The highest BCUT2D eigenvalue weighted by molar-refractivity contribution is 5.84. The van der Waals surface area contributed by atoms with Crippen LogP contribution in [0.1, 0.15) is 25.7 Å². The molecule has 3 fully saturated rings. The number of amides is 1. The molecule has 0 spiro atoms. The highest BCUT2D eigenvalue weighted by Crippen LogP contribution is 2.40. The monoisotopic (exact) mass is 224 g/mol. The van der Waals surface area contributed by atoms with Gasteiger partial charge in [-0.05, 0) is 32.2 Å². The van der Waals surface area contributed by atoms with Crippen LogP contribution in [0.2, 0.25) is 0 Å². The Hall–Kier alpha value is -0.610. The van der Waals surface area contributed by atoms with E-state index in [0.717, 1.165) is 45.6 Å². The van der Waals surface area contributed by atoms with Crippen LogP contribution < -0.4 is 5.32 Å². The van der Waals surface area contributed by atoms with Crippen LogP contribution in [0.5, 0.6) is 0 Å². The van der Waals surface area contributed by atoms with Crippen LogP contribution in [-0.2, 0) is 9.53 Å². The van der Waals surface area contributed by atoms with E-state index in [1.165, 1.54) is 12.8 Å². The molecule has 0 bridgehead atoms. The molecule has 2 atom stereocenters. The van der Waals surface area contributed by atoms with Crippen LogP contribution in [0.25, 0.3) is 0 Å². The van der Waals surface area contributed by atoms with Gasteiger partial charge in [0.2, 0.25) is 5.91 Å². The number of hydrogen-bond donors (Lipinski definition) is 1. The molecule has 0 aromatic rings. The Balaban J connectivity index is 1.81. The zero-order chi connectivity index (χ0) is 11.0. The number of nitrogens with one attached hydrogen (secondary N) is 1. The first-order valence-electron chi connectivity index (χ1n) is 6.45. The van der Waals surface area contributed by atoms with Crippen LogP contribution in [0.15, 0.2) is 0 Å². The van der Waals surface area contributed by atoms with Crippen LogP contribution in [-0.4, -0.2) is 49.7 Å². The molecule has 90 valence electrons. The molecular weight excluding hydrogens is 204 g/mol. The van der Waals surface area contributed by atoms with Crippen molar-refractivity contribution in [1.82, 2.24) is 10.2 Å². The van der Waals surface area contributed by atoms with Gasteiger partial charge >= 0.3 is 0 Å². The summed E-state index contributed by atoms with van der Waals surface area (Å²) in [6, 6.07) is 0. The Kier molecular flexibility index (Phi) is 2.64. The summed E-state index contributed by atoms with van der Waals surface area (Å²) in [4.78, 5) is 14.7. The Morgan fingerprint density at radius 3 is 3.00 bits per heavy atom. The normalized spacial score (nSPS) is 38.8. The summed E-state index contributed by atoms with van der Waals surface area (Å²) in [5, 5.41) is 3.37. The molecule has 1 amide bonds. The number of hydrogen-bond acceptors (Lipinski definition) is 3. The minimum absolute atomic E-state index is 0.168. The lowest BCUT2D eigenvalue weighted by molar-refractivity contribution is -0.145. The largest absolute Gasteiger partial charge is 0.377 e. The highest BCUT2D eigenvalue weighted by atomic mass is 16.5. The lowest BCUT2D eigenvalue weighted by atomic mass is 9.76. The van der Waals surface area contributed by atoms with E-state index in [9.17, 15) is 4.79 Å². The van der Waals surface area contributed by atoms with E-state index in [0.29, 0.717) is 5.91 Å². The summed E-state index contributed by atoms with van der Waals surface area (Å²) >= 11 is 0. The number of fused-ring (bicyclic) bond motifs is 1. The second-order valence-corrected chi connectivity index (χ2v) is 5.23. The second kappa shape index (κ2) is 4.00. The van der Waals surface area contributed by atoms with Crippen LogP contribution in [0, 0.1) is 5.41 Å². The minimum Gasteiger partial charge on any atom is -0.377 e. The van der Waals surface area contributed by atoms with Gasteiger partial charge in [0.25, 0.3) is 0 Å². The Morgan fingerprint density at radius 1 is 1.38 bits per heavy atom. The lowest BCUT2D eigenvalue weighted by Crippen LogP contribution is -2.56. The number of rotatable bonds is 1. The number of carbonyl (C=O) groups excluding carboxylic acids is 1. The first kappa shape index (κ1) is 10.5. The maximum absolute atomic E-state index is 12.6. The van der Waals surface area contributed by atoms with Crippen molar-refractivity contribution in [2.75, 3.05) is 32.8 Å². The molecule has 0 unspecified atom stereocenters. The fourth-order valence-corrected chi connectivity index (χ4v) is 3.37. The van der Waals surface area contributed by atoms with Crippen molar-refractivity contribution >= 4 is 5.91 Å². The van der Waals surface area contributed by atoms with Crippen LogP contribution in [0.4, 0.5) is 0 Å². The van der Waals surface area contributed by atoms with Crippen molar-refractivity contribution in [2.45, 2.75) is 31.8 Å². The van der Waals surface area contributed by atoms with Gasteiger partial charge in [0.15, 0.2) is 0 Å². The van der Waals surface area contributed by atoms with Crippen molar-refractivity contribution in [3.63, 3.8) is 0 Å². The number of ether oxygens (including phenoxy) is 1. The number of nitrogens with zero attached hydrogens (tertiary/aromatic N) is 1. The zero-order valence-corrected chi connectivity index (χ0v) is 9.71. The van der Waals surface area contributed by atoms with Crippen molar-refractivity contribution in [2.24, 2.45) is 5.41 Å². The molecule has 16 heavy (non-hydrogen) atoms. The average Bonchev–Trinajstić information content (AvgIpc) is 2.98. The lowest BCUT2D eigenvalue weighted by Gasteiger charge is -2.39. The molecule has 0 radical (unpaired) electrons. The summed E-state index contributed by atoms with van der Waals surface area (Å²) in [6.07, 6.45) is 4.39. The van der Waals surface area contributed by atoms with Gasteiger partial charge in [-0.1, -0.05) is 0 Å². The third-order valence-corrected chi connectivity index (χ3v) is 4.33. The van der Waals surface area contributed by atoms with E-state index in [1.54, 1.807) is 0 Å². The van der Waals surface area contributed by atoms with Gasteiger partial charge in [-0.2, -0.15) is 0 Å². The standard InChI is InChI=1S/C12H20N2O2/c15-11(14-6-1-2-7-14)12-4-8-16-10(12)3-5-13-9-12/h10,13H,1-9H2/t10-,12-/m0/s1. The Labute approximate surface area is 96.3 Å². The molecule has 3 saturated heterocycles. The first-order valence-corrected chi connectivity index (χ1v) is 6.45. The minimum atomic E-state index is -0.234. The zero-order valence-electron chi connectivity index (χ0n) is 9.71. The molecule has 0 aromatic heterocycles. The van der Waals surface area contributed by atoms with E-state index < -0.39 is 0 Å². The number of carbonyl (C=O) groups is 1. The van der Waals surface area contributed by atoms with Crippen molar-refractivity contribution in [3.8, 4) is 0 Å². The number of piperidine rings is 1. The fraction of sp³-hybridized carbons (Fsp3) is 0.917. The van der Waals surface area contributed by atoms with Crippen molar-refractivity contribution in [1.29, 1.82) is 0 Å². The average molecular weight is 224 g/mol. The molecule has 4 nitrogen and oxygen atoms in total. The van der Waals surface area contributed by atoms with Gasteiger partial charge in [0.1, 0.15) is 0 Å². The maximum Gasteiger partial charge on any atom is 0.232 e. The van der Waals surface area contributed by atoms with Gasteiger partial charge in [-0.15, -0.1) is 0 Å². The molecule has 1 N–H and O–H groups in total. The molecule has 3 heterocycles. The van der Waals surface area contributed by atoms with Gasteiger partial charge in [0, 0.05) is 26.2 Å². The van der Waals surface area contributed by atoms with E-state index in [1.807, 2.05) is 0 Å². The molecular formula is C12H20N2O2. The molecule has 3 aliphatic rings. The number of likely N-dealkylation sites (tertiary alicyclic amines) is 1. The Morgan fingerprint density at radius 2 is 2.19 bits per heavy atom. The van der Waals surface area contributed by atoms with Crippen LogP contribution in [0.3, 0.4) is 0 Å². The first-order chi connectivity index (χ1) is 7.83. The van der Waals surface area contributed by atoms with Gasteiger partial charge in [0.05, 0.1) is 11.5 Å². The molecule has 4 heteroatoms. The molecule has 3 aliphatic heterocycles. The summed E-state index contributed by atoms with van der Waals surface area (Å²) < 4.78 is 5.75. The predicted molar refractivity (Wildman–Crippen MR) is 60.1 cm³/mol. The third-order valence-electron chi connectivity index (χ3n) is 4.33. The third kappa shape index (κ3) is 1.47. The smallest absolute Gasteiger partial charge is 0.232 e. The van der Waals surface area contributed by atoms with Gasteiger partial charge < -0.3 is 15.0 Å². The summed E-state index contributed by atoms with van der Waals surface area (Å²) in [5.74, 6) is 0.347. The predicted octanol–water partition coefficient (Wildman–Crippen LogP) is 0.377.